The van der Waals surface area contributed by atoms with E-state index in [0.717, 1.165) is 50.1 Å². The topological polar surface area (TPSA) is 16.4 Å². The molecule has 2 nitrogen and oxygen atoms in total. The molecule has 0 spiro atoms. The summed E-state index contributed by atoms with van der Waals surface area (Å²) in [6.45, 7) is 5.93. The van der Waals surface area contributed by atoms with Crippen LogP contribution in [0.3, 0.4) is 0 Å². The molecule has 0 saturated heterocycles. The molecule has 0 aliphatic rings. The Morgan fingerprint density at radius 3 is 2.21 bits per heavy atom. The number of allylic oxidation sites excluding steroid dienone is 4. The SMILES string of the molecule is C=C/C=C(\C=C/C)N(c1ccccc1)c1ccc(-c2cccc3c2oc2ccccc23)cc1. The molecule has 0 amide bonds. The van der Waals surface area contributed by atoms with Crippen LogP contribution in [0.2, 0.25) is 0 Å². The van der Waals surface area contributed by atoms with Gasteiger partial charge in [0, 0.05) is 33.4 Å². The summed E-state index contributed by atoms with van der Waals surface area (Å²) < 4.78 is 6.25. The van der Waals surface area contributed by atoms with E-state index in [1.807, 2.05) is 43.4 Å². The van der Waals surface area contributed by atoms with Crippen LogP contribution in [0.4, 0.5) is 11.4 Å². The first-order chi connectivity index (χ1) is 16.3. The van der Waals surface area contributed by atoms with E-state index >= 15 is 0 Å². The first-order valence-electron chi connectivity index (χ1n) is 11.1. The Hall–Kier alpha value is -4.30. The number of fused-ring (bicyclic) bond motifs is 3. The molecule has 1 aromatic heterocycles. The summed E-state index contributed by atoms with van der Waals surface area (Å²) in [5, 5.41) is 2.29. The van der Waals surface area contributed by atoms with Gasteiger partial charge in [-0.2, -0.15) is 0 Å². The lowest BCUT2D eigenvalue weighted by atomic mass is 10.0. The molecule has 1 heterocycles. The highest BCUT2D eigenvalue weighted by Crippen LogP contribution is 2.37. The van der Waals surface area contributed by atoms with E-state index in [0.29, 0.717) is 0 Å². The van der Waals surface area contributed by atoms with Gasteiger partial charge in [0.25, 0.3) is 0 Å². The fourth-order valence-corrected chi connectivity index (χ4v) is 4.28. The van der Waals surface area contributed by atoms with E-state index < -0.39 is 0 Å². The third-order valence-electron chi connectivity index (χ3n) is 5.74. The van der Waals surface area contributed by atoms with Crippen LogP contribution >= 0.6 is 0 Å². The largest absolute Gasteiger partial charge is 0.455 e. The number of anilines is 2. The van der Waals surface area contributed by atoms with Crippen LogP contribution in [-0.2, 0) is 0 Å². The average Bonchev–Trinajstić information content (AvgIpc) is 3.25. The van der Waals surface area contributed by atoms with Crippen LogP contribution in [0.1, 0.15) is 6.92 Å². The normalized spacial score (nSPS) is 12.0. The molecule has 160 valence electrons. The number of hydrogen-bond acceptors (Lipinski definition) is 2. The number of hydrogen-bond donors (Lipinski definition) is 0. The molecule has 2 heteroatoms. The van der Waals surface area contributed by atoms with Crippen molar-refractivity contribution in [3.8, 4) is 11.1 Å². The van der Waals surface area contributed by atoms with Crippen molar-refractivity contribution in [3.63, 3.8) is 0 Å². The van der Waals surface area contributed by atoms with E-state index in [4.69, 9.17) is 4.42 Å². The first-order valence-corrected chi connectivity index (χ1v) is 11.1. The minimum atomic E-state index is 0.914. The fourth-order valence-electron chi connectivity index (χ4n) is 4.28. The monoisotopic (exact) mass is 427 g/mol. The molecule has 0 aliphatic heterocycles. The van der Waals surface area contributed by atoms with Crippen molar-refractivity contribution in [2.24, 2.45) is 0 Å². The van der Waals surface area contributed by atoms with Crippen LogP contribution in [0.25, 0.3) is 33.1 Å². The zero-order valence-electron chi connectivity index (χ0n) is 18.6. The van der Waals surface area contributed by atoms with Gasteiger partial charge in [0.15, 0.2) is 0 Å². The molecule has 4 aromatic carbocycles. The van der Waals surface area contributed by atoms with Gasteiger partial charge in [0.05, 0.1) is 0 Å². The number of furan rings is 1. The second kappa shape index (κ2) is 9.05. The van der Waals surface area contributed by atoms with Gasteiger partial charge in [0.1, 0.15) is 11.2 Å². The number of benzene rings is 4. The van der Waals surface area contributed by atoms with Crippen LogP contribution < -0.4 is 4.90 Å². The number of nitrogens with zero attached hydrogens (tertiary/aromatic N) is 1. The van der Waals surface area contributed by atoms with Crippen molar-refractivity contribution in [1.82, 2.24) is 0 Å². The van der Waals surface area contributed by atoms with Gasteiger partial charge in [-0.3, -0.25) is 0 Å². The highest BCUT2D eigenvalue weighted by molar-refractivity contribution is 6.09. The van der Waals surface area contributed by atoms with E-state index in [1.165, 1.54) is 0 Å². The minimum Gasteiger partial charge on any atom is -0.455 e. The number of rotatable bonds is 6. The molecule has 0 unspecified atom stereocenters. The second-order valence-corrected chi connectivity index (χ2v) is 7.83. The van der Waals surface area contributed by atoms with Crippen molar-refractivity contribution in [2.45, 2.75) is 6.92 Å². The Bertz CT molecular complexity index is 1470. The van der Waals surface area contributed by atoms with Crippen molar-refractivity contribution in [3.05, 3.63) is 134 Å². The summed E-state index contributed by atoms with van der Waals surface area (Å²) in [6.07, 6.45) is 7.98. The molecule has 0 atom stereocenters. The Balaban J connectivity index is 1.61. The summed E-state index contributed by atoms with van der Waals surface area (Å²) in [4.78, 5) is 2.23. The first kappa shape index (κ1) is 20.6. The summed E-state index contributed by atoms with van der Waals surface area (Å²) in [5.74, 6) is 0. The van der Waals surface area contributed by atoms with E-state index in [1.54, 1.807) is 0 Å². The number of para-hydroxylation sites is 3. The van der Waals surface area contributed by atoms with E-state index in [9.17, 15) is 0 Å². The van der Waals surface area contributed by atoms with Crippen molar-refractivity contribution in [1.29, 1.82) is 0 Å². The predicted octanol–water partition coefficient (Wildman–Crippen LogP) is 9.04. The molecule has 0 N–H and O–H groups in total. The van der Waals surface area contributed by atoms with Gasteiger partial charge in [0.2, 0.25) is 0 Å². The molecule has 0 aliphatic carbocycles. The van der Waals surface area contributed by atoms with Crippen LogP contribution in [0.15, 0.2) is 138 Å². The highest BCUT2D eigenvalue weighted by Gasteiger charge is 2.15. The fraction of sp³-hybridized carbons (Fsp3) is 0.0323. The van der Waals surface area contributed by atoms with Gasteiger partial charge in [-0.1, -0.05) is 85.5 Å². The van der Waals surface area contributed by atoms with Crippen LogP contribution in [0, 0.1) is 0 Å². The van der Waals surface area contributed by atoms with Crippen molar-refractivity contribution in [2.75, 3.05) is 4.90 Å². The lowest BCUT2D eigenvalue weighted by molar-refractivity contribution is 0.670. The van der Waals surface area contributed by atoms with Gasteiger partial charge in [-0.25, -0.2) is 0 Å². The highest BCUT2D eigenvalue weighted by atomic mass is 16.3. The molecule has 0 saturated carbocycles. The van der Waals surface area contributed by atoms with Gasteiger partial charge < -0.3 is 9.32 Å². The standard InChI is InChI=1S/C31H25NO/c1-3-11-24(12-4-2)32(25-13-6-5-7-14-25)26-21-19-23(20-22-26)27-16-10-17-29-28-15-8-9-18-30(28)33-31(27)29/h3-22H,1H2,2H3/b12-4-,24-11+. The lowest BCUT2D eigenvalue weighted by Crippen LogP contribution is -2.15. The smallest absolute Gasteiger partial charge is 0.143 e. The predicted molar refractivity (Wildman–Crippen MR) is 141 cm³/mol. The summed E-state index contributed by atoms with van der Waals surface area (Å²) in [6, 6.07) is 33.6. The summed E-state index contributed by atoms with van der Waals surface area (Å²) >= 11 is 0. The minimum absolute atomic E-state index is 0.914. The zero-order valence-corrected chi connectivity index (χ0v) is 18.6. The third-order valence-corrected chi connectivity index (χ3v) is 5.74. The van der Waals surface area contributed by atoms with E-state index in [2.05, 4.69) is 96.4 Å². The van der Waals surface area contributed by atoms with Crippen LogP contribution in [0.5, 0.6) is 0 Å². The van der Waals surface area contributed by atoms with Crippen molar-refractivity contribution < 1.29 is 4.42 Å². The lowest BCUT2D eigenvalue weighted by Gasteiger charge is -2.26. The van der Waals surface area contributed by atoms with Gasteiger partial charge in [-0.15, -0.1) is 0 Å². The maximum atomic E-state index is 6.25. The second-order valence-electron chi connectivity index (χ2n) is 7.83. The van der Waals surface area contributed by atoms with Gasteiger partial charge >= 0.3 is 0 Å². The molecule has 33 heavy (non-hydrogen) atoms. The van der Waals surface area contributed by atoms with Crippen LogP contribution in [-0.4, -0.2) is 0 Å². The molecule has 0 radical (unpaired) electrons. The average molecular weight is 428 g/mol. The maximum absolute atomic E-state index is 6.25. The Morgan fingerprint density at radius 2 is 1.45 bits per heavy atom. The summed E-state index contributed by atoms with van der Waals surface area (Å²) in [5.41, 5.74) is 7.27. The zero-order chi connectivity index (χ0) is 22.6. The molecule has 5 aromatic rings. The Kier molecular flexibility index (Phi) is 5.65. The van der Waals surface area contributed by atoms with Gasteiger partial charge in [-0.05, 0) is 55.0 Å². The molecule has 0 fully saturated rings. The maximum Gasteiger partial charge on any atom is 0.143 e. The molecule has 0 bridgehead atoms. The Labute approximate surface area is 194 Å². The Morgan fingerprint density at radius 1 is 0.758 bits per heavy atom. The molecular formula is C31H25NO. The quantitative estimate of drug-likeness (QED) is 0.251. The summed E-state index contributed by atoms with van der Waals surface area (Å²) in [7, 11) is 0. The molecule has 5 rings (SSSR count). The molecular weight excluding hydrogens is 402 g/mol. The van der Waals surface area contributed by atoms with Crippen molar-refractivity contribution >= 4 is 33.3 Å². The van der Waals surface area contributed by atoms with E-state index in [-0.39, 0.29) is 0 Å². The third kappa shape index (κ3) is 3.88.